The minimum absolute atomic E-state index is 0.533. The lowest BCUT2D eigenvalue weighted by molar-refractivity contribution is 0.216. The van der Waals surface area contributed by atoms with Crippen molar-refractivity contribution in [2.24, 2.45) is 0 Å². The van der Waals surface area contributed by atoms with Crippen LogP contribution in [0.5, 0.6) is 0 Å². The minimum Gasteiger partial charge on any atom is -0.317 e. The second kappa shape index (κ2) is 5.91. The summed E-state index contributed by atoms with van der Waals surface area (Å²) in [5, 5.41) is 12.3. The second-order valence-corrected chi connectivity index (χ2v) is 5.84. The molecule has 2 heterocycles. The SMILES string of the molecule is CN(Cc1nnc(Cl)s1)C1CCCNCC1. The summed E-state index contributed by atoms with van der Waals surface area (Å²) >= 11 is 7.24. The third-order valence-electron chi connectivity index (χ3n) is 3.00. The Morgan fingerprint density at radius 2 is 2.31 bits per heavy atom. The normalized spacial score (nSPS) is 22.3. The fraction of sp³-hybridized carbons (Fsp3) is 0.800. The molecule has 0 spiro atoms. The largest absolute Gasteiger partial charge is 0.317 e. The number of rotatable bonds is 3. The molecule has 0 amide bonds. The lowest BCUT2D eigenvalue weighted by atomic mass is 10.1. The highest BCUT2D eigenvalue weighted by molar-refractivity contribution is 7.15. The van der Waals surface area contributed by atoms with Gasteiger partial charge in [0.05, 0.1) is 6.54 Å². The fourth-order valence-electron chi connectivity index (χ4n) is 2.08. The molecule has 1 aliphatic rings. The van der Waals surface area contributed by atoms with Crippen molar-refractivity contribution >= 4 is 22.9 Å². The van der Waals surface area contributed by atoms with Gasteiger partial charge in [-0.05, 0) is 51.0 Å². The van der Waals surface area contributed by atoms with Crippen LogP contribution in [-0.4, -0.2) is 41.3 Å². The zero-order valence-electron chi connectivity index (χ0n) is 9.45. The fourth-order valence-corrected chi connectivity index (χ4v) is 3.01. The topological polar surface area (TPSA) is 41.1 Å². The quantitative estimate of drug-likeness (QED) is 0.899. The van der Waals surface area contributed by atoms with Crippen LogP contribution in [-0.2, 0) is 6.54 Å². The van der Waals surface area contributed by atoms with Crippen LogP contribution >= 0.6 is 22.9 Å². The van der Waals surface area contributed by atoms with Crippen LogP contribution in [0.15, 0.2) is 0 Å². The van der Waals surface area contributed by atoms with E-state index in [1.807, 2.05) is 0 Å². The molecule has 1 unspecified atom stereocenters. The van der Waals surface area contributed by atoms with Gasteiger partial charge < -0.3 is 5.32 Å². The Morgan fingerprint density at radius 3 is 3.06 bits per heavy atom. The van der Waals surface area contributed by atoms with Crippen LogP contribution in [0.25, 0.3) is 0 Å². The summed E-state index contributed by atoms with van der Waals surface area (Å²) in [6.45, 7) is 3.12. The van der Waals surface area contributed by atoms with Gasteiger partial charge >= 0.3 is 0 Å². The van der Waals surface area contributed by atoms with Gasteiger partial charge in [-0.2, -0.15) is 0 Å². The Hall–Kier alpha value is -0.230. The monoisotopic (exact) mass is 260 g/mol. The third-order valence-corrected chi connectivity index (χ3v) is 4.00. The maximum atomic E-state index is 5.77. The Balaban J connectivity index is 1.88. The van der Waals surface area contributed by atoms with Crippen LogP contribution in [0, 0.1) is 0 Å². The molecule has 2 rings (SSSR count). The Labute approximate surface area is 105 Å². The molecule has 1 aromatic heterocycles. The van der Waals surface area contributed by atoms with Gasteiger partial charge in [-0.1, -0.05) is 11.3 Å². The number of hydrogen-bond donors (Lipinski definition) is 1. The maximum absolute atomic E-state index is 5.77. The van der Waals surface area contributed by atoms with E-state index in [1.54, 1.807) is 0 Å². The molecule has 0 bridgehead atoms. The minimum atomic E-state index is 0.533. The van der Waals surface area contributed by atoms with E-state index in [1.165, 1.54) is 30.6 Å². The predicted molar refractivity (Wildman–Crippen MR) is 66.9 cm³/mol. The Morgan fingerprint density at radius 1 is 1.44 bits per heavy atom. The van der Waals surface area contributed by atoms with Crippen LogP contribution in [0.4, 0.5) is 0 Å². The van der Waals surface area contributed by atoms with Crippen molar-refractivity contribution in [3.8, 4) is 0 Å². The van der Waals surface area contributed by atoms with Crippen molar-refractivity contribution in [2.45, 2.75) is 31.8 Å². The molecule has 1 saturated heterocycles. The highest BCUT2D eigenvalue weighted by Crippen LogP contribution is 2.19. The summed E-state index contributed by atoms with van der Waals surface area (Å²) in [5.74, 6) is 0. The standard InChI is InChI=1S/C10H17ClN4S/c1-15(7-9-13-14-10(11)16-9)8-3-2-5-12-6-4-8/h8,12H,2-7H2,1H3. The first-order valence-corrected chi connectivity index (χ1v) is 6.84. The second-order valence-electron chi connectivity index (χ2n) is 4.20. The van der Waals surface area contributed by atoms with Crippen LogP contribution in [0.2, 0.25) is 4.47 Å². The van der Waals surface area contributed by atoms with E-state index >= 15 is 0 Å². The zero-order valence-corrected chi connectivity index (χ0v) is 11.0. The van der Waals surface area contributed by atoms with Crippen molar-refractivity contribution in [3.63, 3.8) is 0 Å². The molecule has 6 heteroatoms. The summed E-state index contributed by atoms with van der Waals surface area (Å²) < 4.78 is 0.533. The molecule has 0 saturated carbocycles. The van der Waals surface area contributed by atoms with Crippen molar-refractivity contribution < 1.29 is 0 Å². The zero-order chi connectivity index (χ0) is 11.4. The smallest absolute Gasteiger partial charge is 0.207 e. The lowest BCUT2D eigenvalue weighted by Gasteiger charge is -2.25. The molecule has 1 fully saturated rings. The van der Waals surface area contributed by atoms with Gasteiger partial charge in [-0.25, -0.2) is 0 Å². The summed E-state index contributed by atoms with van der Waals surface area (Å²) in [7, 11) is 2.16. The highest BCUT2D eigenvalue weighted by atomic mass is 35.5. The molecule has 1 N–H and O–H groups in total. The molecule has 16 heavy (non-hydrogen) atoms. The average molecular weight is 261 g/mol. The van der Waals surface area contributed by atoms with Crippen molar-refractivity contribution in [1.29, 1.82) is 0 Å². The van der Waals surface area contributed by atoms with E-state index in [-0.39, 0.29) is 0 Å². The van der Waals surface area contributed by atoms with E-state index in [0.29, 0.717) is 10.5 Å². The van der Waals surface area contributed by atoms with E-state index in [4.69, 9.17) is 11.6 Å². The van der Waals surface area contributed by atoms with Crippen molar-refractivity contribution in [2.75, 3.05) is 20.1 Å². The first-order valence-electron chi connectivity index (χ1n) is 5.64. The Kier molecular flexibility index (Phi) is 4.52. The summed E-state index contributed by atoms with van der Waals surface area (Å²) in [6, 6.07) is 0.651. The first kappa shape index (κ1) is 12.2. The molecule has 90 valence electrons. The highest BCUT2D eigenvalue weighted by Gasteiger charge is 2.17. The van der Waals surface area contributed by atoms with Gasteiger partial charge in [0.15, 0.2) is 0 Å². The number of halogens is 1. The van der Waals surface area contributed by atoms with Gasteiger partial charge in [-0.15, -0.1) is 10.2 Å². The first-order chi connectivity index (χ1) is 7.75. The van der Waals surface area contributed by atoms with Gasteiger partial charge in [0.25, 0.3) is 0 Å². The predicted octanol–water partition coefficient (Wildman–Crippen LogP) is 1.77. The molecule has 4 nitrogen and oxygen atoms in total. The molecule has 1 aromatic rings. The van der Waals surface area contributed by atoms with Gasteiger partial charge in [0.2, 0.25) is 4.47 Å². The van der Waals surface area contributed by atoms with E-state index in [9.17, 15) is 0 Å². The van der Waals surface area contributed by atoms with Gasteiger partial charge in [0.1, 0.15) is 5.01 Å². The average Bonchev–Trinajstić information content (AvgIpc) is 2.56. The van der Waals surface area contributed by atoms with Crippen LogP contribution < -0.4 is 5.32 Å². The molecule has 1 atom stereocenters. The van der Waals surface area contributed by atoms with Crippen LogP contribution in [0.3, 0.4) is 0 Å². The van der Waals surface area contributed by atoms with Gasteiger partial charge in [-0.3, -0.25) is 4.90 Å². The van der Waals surface area contributed by atoms with E-state index in [2.05, 4.69) is 27.5 Å². The number of aromatic nitrogens is 2. The number of hydrogen-bond acceptors (Lipinski definition) is 5. The summed E-state index contributed by atoms with van der Waals surface area (Å²) in [4.78, 5) is 2.36. The Bertz CT molecular complexity index is 322. The van der Waals surface area contributed by atoms with E-state index < -0.39 is 0 Å². The van der Waals surface area contributed by atoms with Crippen molar-refractivity contribution in [3.05, 3.63) is 9.47 Å². The van der Waals surface area contributed by atoms with Crippen molar-refractivity contribution in [1.82, 2.24) is 20.4 Å². The molecule has 1 aliphatic heterocycles. The summed E-state index contributed by atoms with van der Waals surface area (Å²) in [6.07, 6.45) is 3.73. The molecular formula is C10H17ClN4S. The number of nitrogens with one attached hydrogen (secondary N) is 1. The van der Waals surface area contributed by atoms with E-state index in [0.717, 1.165) is 24.6 Å². The summed E-state index contributed by atoms with van der Waals surface area (Å²) in [5.41, 5.74) is 0. The molecule has 0 aromatic carbocycles. The third kappa shape index (κ3) is 3.38. The molecular weight excluding hydrogens is 244 g/mol. The molecule has 0 aliphatic carbocycles. The maximum Gasteiger partial charge on any atom is 0.207 e. The molecule has 0 radical (unpaired) electrons. The number of nitrogens with zero attached hydrogens (tertiary/aromatic N) is 3. The lowest BCUT2D eigenvalue weighted by Crippen LogP contribution is -2.31. The van der Waals surface area contributed by atoms with Crippen LogP contribution in [0.1, 0.15) is 24.3 Å². The van der Waals surface area contributed by atoms with Gasteiger partial charge in [0, 0.05) is 6.04 Å².